The minimum atomic E-state index is -3.98. The molecule has 3 rings (SSSR count). The number of sulfonamides is 1. The van der Waals surface area contributed by atoms with Gasteiger partial charge in [0.15, 0.2) is 5.69 Å². The number of carbonyl (C=O) groups is 1. The Morgan fingerprint density at radius 2 is 1.84 bits per heavy atom. The molecule has 1 aliphatic carbocycles. The van der Waals surface area contributed by atoms with Crippen molar-refractivity contribution in [2.24, 2.45) is 0 Å². The van der Waals surface area contributed by atoms with Crippen molar-refractivity contribution in [1.29, 1.82) is 0 Å². The second-order valence-corrected chi connectivity index (χ2v) is 9.32. The van der Waals surface area contributed by atoms with Crippen molar-refractivity contribution in [2.75, 3.05) is 0 Å². The third-order valence-electron chi connectivity index (χ3n) is 3.95. The quantitative estimate of drug-likeness (QED) is 0.881. The van der Waals surface area contributed by atoms with Gasteiger partial charge in [-0.2, -0.15) is 5.10 Å². The Hall–Kier alpha value is -1.86. The lowest BCUT2D eigenvalue weighted by atomic mass is 10.1. The number of nitrogens with zero attached hydrogens (tertiary/aromatic N) is 2. The second-order valence-electron chi connectivity index (χ2n) is 7.20. The molecule has 1 aromatic carbocycles. The van der Waals surface area contributed by atoms with E-state index in [0.29, 0.717) is 10.9 Å². The maximum atomic E-state index is 12.4. The number of benzene rings is 1. The first kappa shape index (κ1) is 17.9. The SMILES string of the molecule is CC(C)(C)n1nc(C(=O)NS(=O)(=O)c2ccc(Cl)cc2)cc1C1CC1. The zero-order valence-corrected chi connectivity index (χ0v) is 15.9. The van der Waals surface area contributed by atoms with Crippen LogP contribution in [0.3, 0.4) is 0 Å². The van der Waals surface area contributed by atoms with Gasteiger partial charge < -0.3 is 0 Å². The minimum absolute atomic E-state index is 0.0251. The third kappa shape index (κ3) is 3.88. The van der Waals surface area contributed by atoms with E-state index in [-0.39, 0.29) is 16.1 Å². The highest BCUT2D eigenvalue weighted by Gasteiger charge is 2.33. The summed E-state index contributed by atoms with van der Waals surface area (Å²) in [5.74, 6) is -0.346. The van der Waals surface area contributed by atoms with Crippen LogP contribution in [0.25, 0.3) is 0 Å². The molecule has 0 unspecified atom stereocenters. The van der Waals surface area contributed by atoms with Crippen molar-refractivity contribution in [1.82, 2.24) is 14.5 Å². The van der Waals surface area contributed by atoms with Gasteiger partial charge in [-0.15, -0.1) is 0 Å². The van der Waals surface area contributed by atoms with Gasteiger partial charge in [-0.1, -0.05) is 11.6 Å². The summed E-state index contributed by atoms with van der Waals surface area (Å²) in [7, 11) is -3.98. The third-order valence-corrected chi connectivity index (χ3v) is 5.55. The van der Waals surface area contributed by atoms with Gasteiger partial charge in [0.2, 0.25) is 0 Å². The Kier molecular flexibility index (Phi) is 4.41. The van der Waals surface area contributed by atoms with Crippen molar-refractivity contribution >= 4 is 27.5 Å². The largest absolute Gasteiger partial charge is 0.285 e. The van der Waals surface area contributed by atoms with Crippen LogP contribution < -0.4 is 4.72 Å². The Morgan fingerprint density at radius 1 is 1.24 bits per heavy atom. The van der Waals surface area contributed by atoms with Gasteiger partial charge in [0.1, 0.15) is 0 Å². The van der Waals surface area contributed by atoms with E-state index in [0.717, 1.165) is 18.5 Å². The number of halogens is 1. The lowest BCUT2D eigenvalue weighted by Gasteiger charge is -2.22. The molecule has 2 aromatic rings. The average Bonchev–Trinajstić information content (AvgIpc) is 3.24. The van der Waals surface area contributed by atoms with Gasteiger partial charge in [0.05, 0.1) is 10.4 Å². The number of carbonyl (C=O) groups excluding carboxylic acids is 1. The highest BCUT2D eigenvalue weighted by atomic mass is 35.5. The molecule has 6 nitrogen and oxygen atoms in total. The molecule has 1 fully saturated rings. The van der Waals surface area contributed by atoms with E-state index in [9.17, 15) is 13.2 Å². The standard InChI is InChI=1S/C17H20ClN3O3S/c1-17(2,3)21-15(11-4-5-11)10-14(19-21)16(22)20-25(23,24)13-8-6-12(18)7-9-13/h6-11H,4-5H2,1-3H3,(H,20,22). The van der Waals surface area contributed by atoms with Crippen LogP contribution in [0.1, 0.15) is 55.7 Å². The summed E-state index contributed by atoms with van der Waals surface area (Å²) in [6.07, 6.45) is 2.12. The van der Waals surface area contributed by atoms with Crippen LogP contribution >= 0.6 is 11.6 Å². The van der Waals surface area contributed by atoms with E-state index in [1.54, 1.807) is 6.07 Å². The Balaban J connectivity index is 1.87. The fraction of sp³-hybridized carbons (Fsp3) is 0.412. The average molecular weight is 382 g/mol. The van der Waals surface area contributed by atoms with Crippen LogP contribution in [-0.2, 0) is 15.6 Å². The number of hydrogen-bond acceptors (Lipinski definition) is 4. The van der Waals surface area contributed by atoms with E-state index in [2.05, 4.69) is 9.82 Å². The van der Waals surface area contributed by atoms with E-state index in [1.165, 1.54) is 24.3 Å². The van der Waals surface area contributed by atoms with E-state index in [1.807, 2.05) is 25.5 Å². The summed E-state index contributed by atoms with van der Waals surface area (Å²) in [4.78, 5) is 12.4. The predicted octanol–water partition coefficient (Wildman–Crippen LogP) is 3.29. The fourth-order valence-corrected chi connectivity index (χ4v) is 3.65. The van der Waals surface area contributed by atoms with Crippen molar-refractivity contribution < 1.29 is 13.2 Å². The highest BCUT2D eigenvalue weighted by Crippen LogP contribution is 2.41. The zero-order chi connectivity index (χ0) is 18.4. The Bertz CT molecular complexity index is 908. The van der Waals surface area contributed by atoms with Gasteiger partial charge in [0.25, 0.3) is 15.9 Å². The number of amides is 1. The molecule has 0 radical (unpaired) electrons. The Labute approximate surface area is 152 Å². The maximum Gasteiger partial charge on any atom is 0.285 e. The molecule has 1 N–H and O–H groups in total. The molecule has 0 atom stereocenters. The van der Waals surface area contributed by atoms with Crippen molar-refractivity contribution in [3.8, 4) is 0 Å². The second kappa shape index (κ2) is 6.14. The molecular formula is C17H20ClN3O3S. The molecule has 0 aliphatic heterocycles. The normalized spacial score (nSPS) is 15.2. The lowest BCUT2D eigenvalue weighted by Crippen LogP contribution is -2.31. The van der Waals surface area contributed by atoms with Gasteiger partial charge in [-0.25, -0.2) is 13.1 Å². The van der Waals surface area contributed by atoms with Crippen LogP contribution in [0.5, 0.6) is 0 Å². The fourth-order valence-electron chi connectivity index (χ4n) is 2.56. The summed E-state index contributed by atoms with van der Waals surface area (Å²) in [6, 6.07) is 7.30. The molecule has 8 heteroatoms. The van der Waals surface area contributed by atoms with Crippen LogP contribution in [0, 0.1) is 0 Å². The molecule has 0 spiro atoms. The number of hydrogen-bond donors (Lipinski definition) is 1. The monoisotopic (exact) mass is 381 g/mol. The molecule has 1 aromatic heterocycles. The summed E-state index contributed by atoms with van der Waals surface area (Å²) in [5.41, 5.74) is 0.793. The molecule has 0 saturated heterocycles. The molecule has 1 saturated carbocycles. The summed E-state index contributed by atoms with van der Waals surface area (Å²) < 4.78 is 28.6. The van der Waals surface area contributed by atoms with Crippen LogP contribution in [0.15, 0.2) is 35.2 Å². The Morgan fingerprint density at radius 3 is 2.36 bits per heavy atom. The van der Waals surface area contributed by atoms with Crippen LogP contribution in [0.4, 0.5) is 0 Å². The van der Waals surface area contributed by atoms with E-state index < -0.39 is 15.9 Å². The molecule has 0 bridgehead atoms. The van der Waals surface area contributed by atoms with Gasteiger partial charge in [-0.05, 0) is 63.9 Å². The lowest BCUT2D eigenvalue weighted by molar-refractivity contribution is 0.0975. The first-order valence-corrected chi connectivity index (χ1v) is 9.87. The smallest absolute Gasteiger partial charge is 0.266 e. The number of nitrogens with one attached hydrogen (secondary N) is 1. The van der Waals surface area contributed by atoms with E-state index in [4.69, 9.17) is 11.6 Å². The topological polar surface area (TPSA) is 81.1 Å². The molecule has 1 amide bonds. The molecule has 1 aliphatic rings. The molecular weight excluding hydrogens is 362 g/mol. The maximum absolute atomic E-state index is 12.4. The van der Waals surface area contributed by atoms with Gasteiger partial charge in [0, 0.05) is 16.6 Å². The van der Waals surface area contributed by atoms with E-state index >= 15 is 0 Å². The van der Waals surface area contributed by atoms with Crippen molar-refractivity contribution in [3.63, 3.8) is 0 Å². The van der Waals surface area contributed by atoms with Crippen LogP contribution in [0.2, 0.25) is 5.02 Å². The van der Waals surface area contributed by atoms with Crippen molar-refractivity contribution in [2.45, 2.75) is 50.0 Å². The summed E-state index contributed by atoms with van der Waals surface area (Å²) >= 11 is 5.77. The van der Waals surface area contributed by atoms with Gasteiger partial charge in [-0.3, -0.25) is 9.48 Å². The minimum Gasteiger partial charge on any atom is -0.266 e. The summed E-state index contributed by atoms with van der Waals surface area (Å²) in [5, 5.41) is 4.77. The zero-order valence-electron chi connectivity index (χ0n) is 14.3. The molecule has 25 heavy (non-hydrogen) atoms. The summed E-state index contributed by atoms with van der Waals surface area (Å²) in [6.45, 7) is 5.99. The molecule has 1 heterocycles. The predicted molar refractivity (Wildman–Crippen MR) is 95.3 cm³/mol. The molecule has 134 valence electrons. The van der Waals surface area contributed by atoms with Crippen molar-refractivity contribution in [3.05, 3.63) is 46.7 Å². The number of aromatic nitrogens is 2. The first-order chi connectivity index (χ1) is 11.6. The van der Waals surface area contributed by atoms with Gasteiger partial charge >= 0.3 is 0 Å². The number of rotatable bonds is 4. The van der Waals surface area contributed by atoms with Crippen LogP contribution in [-0.4, -0.2) is 24.1 Å². The highest BCUT2D eigenvalue weighted by molar-refractivity contribution is 7.90. The first-order valence-electron chi connectivity index (χ1n) is 8.01.